The summed E-state index contributed by atoms with van der Waals surface area (Å²) in [6, 6.07) is -1.47. The van der Waals surface area contributed by atoms with Gasteiger partial charge in [-0.15, -0.1) is 0 Å². The van der Waals surface area contributed by atoms with Crippen LogP contribution in [0.3, 0.4) is 0 Å². The monoisotopic (exact) mass is 940 g/mol. The SMILES string of the molecule is CCCCC/C=C\C/C=C\CCCCCCCCCCCC(=O)OC(COCCCCCCCCCCCCCC/C=C\CCCCCCCCCC)COP(=O)(O)OCC(N)C(=O)O. The Morgan fingerprint density at radius 1 is 0.492 bits per heavy atom. The molecule has 0 rings (SSSR count). The molecule has 11 heteroatoms. The normalized spacial score (nSPS) is 13.9. The summed E-state index contributed by atoms with van der Waals surface area (Å²) in [6.45, 7) is 3.89. The van der Waals surface area contributed by atoms with Crippen molar-refractivity contribution in [2.45, 2.75) is 270 Å². The van der Waals surface area contributed by atoms with Gasteiger partial charge in [-0.3, -0.25) is 18.6 Å². The Balaban J connectivity index is 4.08. The molecule has 0 spiro atoms. The van der Waals surface area contributed by atoms with Gasteiger partial charge in [-0.25, -0.2) is 4.57 Å². The van der Waals surface area contributed by atoms with Gasteiger partial charge in [0.1, 0.15) is 12.1 Å². The first kappa shape index (κ1) is 63.2. The second kappa shape index (κ2) is 50.1. The van der Waals surface area contributed by atoms with Gasteiger partial charge in [-0.2, -0.15) is 0 Å². The molecule has 0 bridgehead atoms. The van der Waals surface area contributed by atoms with Gasteiger partial charge in [0.05, 0.1) is 19.8 Å². The van der Waals surface area contributed by atoms with E-state index >= 15 is 0 Å². The summed E-state index contributed by atoms with van der Waals surface area (Å²) in [4.78, 5) is 33.7. The molecule has 382 valence electrons. The van der Waals surface area contributed by atoms with E-state index in [4.69, 9.17) is 29.4 Å². The number of rotatable bonds is 52. The Hall–Kier alpha value is -1.81. The molecule has 0 heterocycles. The summed E-state index contributed by atoms with van der Waals surface area (Å²) in [5, 5.41) is 8.94. The van der Waals surface area contributed by atoms with E-state index in [1.807, 2.05) is 0 Å². The van der Waals surface area contributed by atoms with Crippen LogP contribution in [-0.4, -0.2) is 60.5 Å². The predicted molar refractivity (Wildman–Crippen MR) is 272 cm³/mol. The van der Waals surface area contributed by atoms with Crippen molar-refractivity contribution in [2.24, 2.45) is 5.73 Å². The molecule has 0 fully saturated rings. The molecule has 0 aromatic carbocycles. The maximum atomic E-state index is 12.7. The molecular weight excluding hydrogens is 838 g/mol. The first-order chi connectivity index (χ1) is 31.7. The van der Waals surface area contributed by atoms with E-state index in [0.29, 0.717) is 13.0 Å². The van der Waals surface area contributed by atoms with Gasteiger partial charge in [-0.1, -0.05) is 217 Å². The van der Waals surface area contributed by atoms with Crippen LogP contribution in [0.1, 0.15) is 258 Å². The Bertz CT molecular complexity index is 1180. The molecule has 0 aliphatic heterocycles. The molecule has 3 atom stereocenters. The number of phosphoric ester groups is 1. The zero-order valence-electron chi connectivity index (χ0n) is 42.1. The number of aliphatic carboxylic acids is 1. The first-order valence-electron chi connectivity index (χ1n) is 27.0. The zero-order chi connectivity index (χ0) is 47.6. The van der Waals surface area contributed by atoms with Crippen LogP contribution >= 0.6 is 7.82 Å². The van der Waals surface area contributed by atoms with Crippen molar-refractivity contribution < 1.29 is 42.7 Å². The summed E-state index contributed by atoms with van der Waals surface area (Å²) >= 11 is 0. The van der Waals surface area contributed by atoms with E-state index in [9.17, 15) is 19.0 Å². The number of unbranched alkanes of at least 4 members (excludes halogenated alkanes) is 32. The molecular formula is C54H102NO9P. The fourth-order valence-electron chi connectivity index (χ4n) is 7.69. The van der Waals surface area contributed by atoms with Gasteiger partial charge in [0.2, 0.25) is 0 Å². The molecule has 65 heavy (non-hydrogen) atoms. The van der Waals surface area contributed by atoms with Crippen LogP contribution < -0.4 is 5.73 Å². The van der Waals surface area contributed by atoms with E-state index in [1.54, 1.807) is 0 Å². The lowest BCUT2D eigenvalue weighted by Gasteiger charge is -2.20. The number of allylic oxidation sites excluding steroid dienone is 6. The average molecular weight is 940 g/mol. The highest BCUT2D eigenvalue weighted by Gasteiger charge is 2.27. The maximum absolute atomic E-state index is 12.7. The van der Waals surface area contributed by atoms with Crippen molar-refractivity contribution in [3.8, 4) is 0 Å². The Morgan fingerprint density at radius 3 is 1.29 bits per heavy atom. The fourth-order valence-corrected chi connectivity index (χ4v) is 8.47. The highest BCUT2D eigenvalue weighted by molar-refractivity contribution is 7.47. The number of hydrogen-bond donors (Lipinski definition) is 3. The molecule has 10 nitrogen and oxygen atoms in total. The summed E-state index contributed by atoms with van der Waals surface area (Å²) in [7, 11) is -4.62. The lowest BCUT2D eigenvalue weighted by molar-refractivity contribution is -0.154. The summed E-state index contributed by atoms with van der Waals surface area (Å²) < 4.78 is 33.6. The van der Waals surface area contributed by atoms with E-state index < -0.39 is 45.1 Å². The van der Waals surface area contributed by atoms with Gasteiger partial charge in [0.15, 0.2) is 0 Å². The lowest BCUT2D eigenvalue weighted by atomic mass is 10.0. The minimum Gasteiger partial charge on any atom is -0.480 e. The molecule has 0 amide bonds. The standard InChI is InChI=1S/C54H102NO9P/c1-3-5-7-9-11-13-15-17-19-21-23-24-25-26-27-29-31-33-35-37-39-41-43-45-47-61-48-51(49-62-65(59,60)63-50-52(55)54(57)58)64-53(56)46-44-42-40-38-36-34-32-30-28-22-20-18-16-14-12-10-8-6-4-2/h12,14,18,20-21,23,51-52H,3-11,13,15-17,19,22,24-50,55H2,1-2H3,(H,57,58)(H,59,60)/b14-12-,20-18-,23-21-. The number of phosphoric acid groups is 1. The van der Waals surface area contributed by atoms with Crippen LogP contribution in [0.2, 0.25) is 0 Å². The summed E-state index contributed by atoms with van der Waals surface area (Å²) in [5.74, 6) is -1.77. The van der Waals surface area contributed by atoms with Crippen LogP contribution in [0.25, 0.3) is 0 Å². The molecule has 4 N–H and O–H groups in total. The number of esters is 1. The Morgan fingerprint density at radius 2 is 0.846 bits per heavy atom. The second-order valence-corrected chi connectivity index (χ2v) is 19.8. The quantitative estimate of drug-likeness (QED) is 0.0232. The van der Waals surface area contributed by atoms with E-state index in [1.165, 1.54) is 180 Å². The molecule has 0 aromatic heterocycles. The number of carbonyl (C=O) groups is 2. The molecule has 0 saturated heterocycles. The summed E-state index contributed by atoms with van der Waals surface area (Å²) in [6.07, 6.45) is 59.2. The van der Waals surface area contributed by atoms with Gasteiger partial charge in [-0.05, 0) is 70.6 Å². The van der Waals surface area contributed by atoms with Crippen LogP contribution in [0.4, 0.5) is 0 Å². The van der Waals surface area contributed by atoms with Crippen molar-refractivity contribution in [1.29, 1.82) is 0 Å². The van der Waals surface area contributed by atoms with Gasteiger partial charge in [0, 0.05) is 13.0 Å². The third-order valence-corrected chi connectivity index (χ3v) is 12.8. The van der Waals surface area contributed by atoms with Crippen molar-refractivity contribution >= 4 is 19.8 Å². The lowest BCUT2D eigenvalue weighted by Crippen LogP contribution is -2.34. The topological polar surface area (TPSA) is 155 Å². The van der Waals surface area contributed by atoms with Crippen LogP contribution in [-0.2, 0) is 32.7 Å². The molecule has 0 aliphatic carbocycles. The molecule has 0 saturated carbocycles. The third kappa shape index (κ3) is 49.9. The minimum atomic E-state index is -4.62. The van der Waals surface area contributed by atoms with Gasteiger partial charge >= 0.3 is 19.8 Å². The predicted octanol–water partition coefficient (Wildman–Crippen LogP) is 16.0. The van der Waals surface area contributed by atoms with Crippen LogP contribution in [0.5, 0.6) is 0 Å². The van der Waals surface area contributed by atoms with Gasteiger partial charge < -0.3 is 25.2 Å². The Kier molecular flexibility index (Phi) is 48.7. The first-order valence-corrected chi connectivity index (χ1v) is 28.5. The van der Waals surface area contributed by atoms with Crippen molar-refractivity contribution in [3.63, 3.8) is 0 Å². The largest absolute Gasteiger partial charge is 0.480 e. The molecule has 3 unspecified atom stereocenters. The van der Waals surface area contributed by atoms with E-state index in [-0.39, 0.29) is 13.0 Å². The zero-order valence-corrected chi connectivity index (χ0v) is 43.0. The van der Waals surface area contributed by atoms with Crippen LogP contribution in [0.15, 0.2) is 36.5 Å². The fraction of sp³-hybridized carbons (Fsp3) is 0.852. The molecule has 0 radical (unpaired) electrons. The number of ether oxygens (including phenoxy) is 2. The number of hydrogen-bond acceptors (Lipinski definition) is 8. The second-order valence-electron chi connectivity index (χ2n) is 18.4. The minimum absolute atomic E-state index is 0.0171. The number of carboxylic acids is 1. The average Bonchev–Trinajstić information content (AvgIpc) is 3.29. The van der Waals surface area contributed by atoms with Crippen LogP contribution in [0, 0.1) is 0 Å². The molecule has 0 aliphatic rings. The van der Waals surface area contributed by atoms with E-state index in [2.05, 4.69) is 50.3 Å². The third-order valence-electron chi connectivity index (χ3n) is 11.9. The highest BCUT2D eigenvalue weighted by Crippen LogP contribution is 2.43. The van der Waals surface area contributed by atoms with Gasteiger partial charge in [0.25, 0.3) is 0 Å². The molecule has 0 aromatic rings. The van der Waals surface area contributed by atoms with Crippen molar-refractivity contribution in [2.75, 3.05) is 26.4 Å². The highest BCUT2D eigenvalue weighted by atomic mass is 31.2. The Labute approximate surface area is 399 Å². The van der Waals surface area contributed by atoms with Crippen molar-refractivity contribution in [3.05, 3.63) is 36.5 Å². The number of carbonyl (C=O) groups excluding carboxylic acids is 1. The number of carboxylic acid groups (broad SMARTS) is 1. The maximum Gasteiger partial charge on any atom is 0.472 e. The van der Waals surface area contributed by atoms with E-state index in [0.717, 1.165) is 51.4 Å². The summed E-state index contributed by atoms with van der Waals surface area (Å²) in [5.41, 5.74) is 5.38. The number of nitrogens with two attached hydrogens (primary N) is 1. The smallest absolute Gasteiger partial charge is 0.472 e. The van der Waals surface area contributed by atoms with Crippen molar-refractivity contribution in [1.82, 2.24) is 0 Å².